The Balaban J connectivity index is 1.80. The highest BCUT2D eigenvalue weighted by atomic mass is 16.1. The average Bonchev–Trinajstić information content (AvgIpc) is 2.42. The molecule has 0 atom stereocenters. The third-order valence-electron chi connectivity index (χ3n) is 3.92. The summed E-state index contributed by atoms with van der Waals surface area (Å²) in [5.74, 6) is 0. The zero-order chi connectivity index (χ0) is 13.2. The smallest absolute Gasteiger partial charge is 0.255 e. The van der Waals surface area contributed by atoms with E-state index < -0.39 is 0 Å². The van der Waals surface area contributed by atoms with Gasteiger partial charge in [-0.15, -0.1) is 0 Å². The molecule has 4 N–H and O–H groups in total. The number of pyridine rings is 1. The van der Waals surface area contributed by atoms with Gasteiger partial charge in [-0.2, -0.15) is 0 Å². The van der Waals surface area contributed by atoms with Crippen molar-refractivity contribution in [2.24, 2.45) is 5.73 Å². The van der Waals surface area contributed by atoms with E-state index in [1.165, 1.54) is 0 Å². The summed E-state index contributed by atoms with van der Waals surface area (Å²) in [5, 5.41) is 5.25. The lowest BCUT2D eigenvalue weighted by atomic mass is 9.91. The van der Waals surface area contributed by atoms with Crippen LogP contribution in [-0.4, -0.2) is 17.1 Å². The zero-order valence-electron chi connectivity index (χ0n) is 10.9. The SMILES string of the molecule is NC1CCC(Nc2ccc3c(=O)[nH]ccc3c2)CC1. The standard InChI is InChI=1S/C15H19N3O/c16-11-1-3-12(4-2-11)18-13-5-6-14-10(9-13)7-8-17-15(14)19/h5-9,11-12,18H,1-4,16H2,(H,17,19). The van der Waals surface area contributed by atoms with E-state index in [4.69, 9.17) is 5.73 Å². The topological polar surface area (TPSA) is 70.9 Å². The highest BCUT2D eigenvalue weighted by Crippen LogP contribution is 2.23. The summed E-state index contributed by atoms with van der Waals surface area (Å²) >= 11 is 0. The summed E-state index contributed by atoms with van der Waals surface area (Å²) < 4.78 is 0. The summed E-state index contributed by atoms with van der Waals surface area (Å²) in [6.45, 7) is 0. The lowest BCUT2D eigenvalue weighted by Crippen LogP contribution is -2.32. The number of hydrogen-bond donors (Lipinski definition) is 3. The Morgan fingerprint density at radius 1 is 1.16 bits per heavy atom. The molecule has 1 fully saturated rings. The number of anilines is 1. The van der Waals surface area contributed by atoms with Crippen LogP contribution in [0.25, 0.3) is 10.8 Å². The molecule has 19 heavy (non-hydrogen) atoms. The van der Waals surface area contributed by atoms with Crippen LogP contribution in [0.5, 0.6) is 0 Å². The number of H-pyrrole nitrogens is 1. The maximum absolute atomic E-state index is 11.6. The van der Waals surface area contributed by atoms with Crippen molar-refractivity contribution in [3.63, 3.8) is 0 Å². The Labute approximate surface area is 112 Å². The largest absolute Gasteiger partial charge is 0.382 e. The Morgan fingerprint density at radius 2 is 1.95 bits per heavy atom. The third kappa shape index (κ3) is 2.63. The van der Waals surface area contributed by atoms with Crippen LogP contribution in [0.4, 0.5) is 5.69 Å². The van der Waals surface area contributed by atoms with Crippen LogP contribution in [0.3, 0.4) is 0 Å². The van der Waals surface area contributed by atoms with E-state index in [1.54, 1.807) is 6.20 Å². The Morgan fingerprint density at radius 3 is 2.74 bits per heavy atom. The van der Waals surface area contributed by atoms with Crippen LogP contribution >= 0.6 is 0 Å². The van der Waals surface area contributed by atoms with Gasteiger partial charge >= 0.3 is 0 Å². The quantitative estimate of drug-likeness (QED) is 0.772. The summed E-state index contributed by atoms with van der Waals surface area (Å²) in [6, 6.07) is 8.70. The number of rotatable bonds is 2. The van der Waals surface area contributed by atoms with Gasteiger partial charge in [0.15, 0.2) is 0 Å². The number of benzene rings is 1. The van der Waals surface area contributed by atoms with Crippen LogP contribution in [0, 0.1) is 0 Å². The van der Waals surface area contributed by atoms with E-state index in [-0.39, 0.29) is 5.56 Å². The van der Waals surface area contributed by atoms with Crippen molar-refractivity contribution in [3.05, 3.63) is 40.8 Å². The third-order valence-corrected chi connectivity index (χ3v) is 3.92. The molecule has 0 amide bonds. The van der Waals surface area contributed by atoms with E-state index in [0.717, 1.165) is 42.1 Å². The molecule has 3 rings (SSSR count). The second-order valence-corrected chi connectivity index (χ2v) is 5.36. The molecule has 0 radical (unpaired) electrons. The molecule has 0 spiro atoms. The minimum atomic E-state index is -0.0345. The molecule has 1 aliphatic carbocycles. The first-order valence-corrected chi connectivity index (χ1v) is 6.86. The predicted octanol–water partition coefficient (Wildman–Crippen LogP) is 2.21. The summed E-state index contributed by atoms with van der Waals surface area (Å²) in [7, 11) is 0. The molecular formula is C15H19N3O. The molecule has 1 aromatic heterocycles. The van der Waals surface area contributed by atoms with Crippen LogP contribution < -0.4 is 16.6 Å². The van der Waals surface area contributed by atoms with Gasteiger partial charge in [0.1, 0.15) is 0 Å². The molecule has 1 heterocycles. The van der Waals surface area contributed by atoms with Gasteiger partial charge in [-0.3, -0.25) is 4.79 Å². The van der Waals surface area contributed by atoms with Gasteiger partial charge in [-0.05, 0) is 55.3 Å². The number of nitrogens with one attached hydrogen (secondary N) is 2. The van der Waals surface area contributed by atoms with Crippen molar-refractivity contribution in [1.82, 2.24) is 4.98 Å². The predicted molar refractivity (Wildman–Crippen MR) is 78.4 cm³/mol. The fourth-order valence-corrected chi connectivity index (χ4v) is 2.78. The summed E-state index contributed by atoms with van der Waals surface area (Å²) in [6.07, 6.45) is 6.10. The van der Waals surface area contributed by atoms with Crippen LogP contribution in [0.1, 0.15) is 25.7 Å². The molecule has 0 unspecified atom stereocenters. The van der Waals surface area contributed by atoms with Gasteiger partial charge in [0.2, 0.25) is 0 Å². The second kappa shape index (κ2) is 5.05. The second-order valence-electron chi connectivity index (χ2n) is 5.36. The Bertz CT molecular complexity index is 627. The molecule has 100 valence electrons. The minimum Gasteiger partial charge on any atom is -0.382 e. The van der Waals surface area contributed by atoms with Crippen molar-refractivity contribution < 1.29 is 0 Å². The molecule has 1 aliphatic rings. The van der Waals surface area contributed by atoms with Gasteiger partial charge in [-0.1, -0.05) is 0 Å². The van der Waals surface area contributed by atoms with E-state index in [1.807, 2.05) is 24.3 Å². The van der Waals surface area contributed by atoms with E-state index in [9.17, 15) is 4.79 Å². The highest BCUT2D eigenvalue weighted by Gasteiger charge is 2.18. The number of fused-ring (bicyclic) bond motifs is 1. The van der Waals surface area contributed by atoms with Gasteiger partial charge in [0, 0.05) is 29.4 Å². The van der Waals surface area contributed by atoms with Crippen molar-refractivity contribution in [2.45, 2.75) is 37.8 Å². The first kappa shape index (κ1) is 12.2. The number of aromatic nitrogens is 1. The molecule has 0 aliphatic heterocycles. The molecule has 1 aromatic carbocycles. The molecule has 0 saturated heterocycles. The molecule has 2 aromatic rings. The first-order valence-electron chi connectivity index (χ1n) is 6.86. The van der Waals surface area contributed by atoms with Crippen LogP contribution in [0.15, 0.2) is 35.3 Å². The fraction of sp³-hybridized carbons (Fsp3) is 0.400. The molecule has 4 heteroatoms. The van der Waals surface area contributed by atoms with E-state index in [2.05, 4.69) is 10.3 Å². The van der Waals surface area contributed by atoms with Crippen molar-refractivity contribution in [1.29, 1.82) is 0 Å². The van der Waals surface area contributed by atoms with Crippen LogP contribution in [0.2, 0.25) is 0 Å². The monoisotopic (exact) mass is 257 g/mol. The number of hydrogen-bond acceptors (Lipinski definition) is 3. The number of nitrogens with two attached hydrogens (primary N) is 1. The highest BCUT2D eigenvalue weighted by molar-refractivity contribution is 5.84. The first-order chi connectivity index (χ1) is 9.22. The molecular weight excluding hydrogens is 238 g/mol. The summed E-state index contributed by atoms with van der Waals surface area (Å²) in [5.41, 5.74) is 6.96. The minimum absolute atomic E-state index is 0.0345. The summed E-state index contributed by atoms with van der Waals surface area (Å²) in [4.78, 5) is 14.3. The van der Waals surface area contributed by atoms with E-state index in [0.29, 0.717) is 12.1 Å². The Hall–Kier alpha value is -1.81. The van der Waals surface area contributed by atoms with Gasteiger partial charge in [0.05, 0.1) is 0 Å². The van der Waals surface area contributed by atoms with Crippen molar-refractivity contribution in [2.75, 3.05) is 5.32 Å². The van der Waals surface area contributed by atoms with Crippen LogP contribution in [-0.2, 0) is 0 Å². The van der Waals surface area contributed by atoms with Crippen molar-refractivity contribution in [3.8, 4) is 0 Å². The molecule has 1 saturated carbocycles. The molecule has 4 nitrogen and oxygen atoms in total. The lowest BCUT2D eigenvalue weighted by Gasteiger charge is -2.27. The Kier molecular flexibility index (Phi) is 3.25. The van der Waals surface area contributed by atoms with Gasteiger partial charge in [0.25, 0.3) is 5.56 Å². The van der Waals surface area contributed by atoms with Gasteiger partial charge in [-0.25, -0.2) is 0 Å². The zero-order valence-corrected chi connectivity index (χ0v) is 10.9. The lowest BCUT2D eigenvalue weighted by molar-refractivity contribution is 0.411. The maximum Gasteiger partial charge on any atom is 0.255 e. The van der Waals surface area contributed by atoms with Gasteiger partial charge < -0.3 is 16.0 Å². The normalized spacial score (nSPS) is 23.4. The number of aromatic amines is 1. The fourth-order valence-electron chi connectivity index (χ4n) is 2.78. The average molecular weight is 257 g/mol. The maximum atomic E-state index is 11.6. The van der Waals surface area contributed by atoms with Crippen molar-refractivity contribution >= 4 is 16.5 Å². The molecule has 0 bridgehead atoms. The van der Waals surface area contributed by atoms with E-state index >= 15 is 0 Å².